The minimum atomic E-state index is -1.07. The number of hydrogen-bond donors (Lipinski definition) is 2. The number of carbonyl (C=O) groups is 2. The monoisotopic (exact) mass is 375 g/mol. The Balaban J connectivity index is 2.19. The van der Waals surface area contributed by atoms with Crippen molar-refractivity contribution in [1.82, 2.24) is 0 Å². The Morgan fingerprint density at radius 3 is 2.52 bits per heavy atom. The molecule has 6 nitrogen and oxygen atoms in total. The Bertz CT molecular complexity index is 851. The first-order valence-corrected chi connectivity index (χ1v) is 8.34. The van der Waals surface area contributed by atoms with E-state index in [1.807, 2.05) is 0 Å². The van der Waals surface area contributed by atoms with Gasteiger partial charge in [0.15, 0.2) is 0 Å². The van der Waals surface area contributed by atoms with Crippen molar-refractivity contribution in [2.45, 2.75) is 20.5 Å². The third-order valence-corrected chi connectivity index (χ3v) is 4.05. The van der Waals surface area contributed by atoms with E-state index in [-0.39, 0.29) is 23.3 Å². The van der Waals surface area contributed by atoms with Gasteiger partial charge in [-0.2, -0.15) is 0 Å². The molecular weight excluding hydrogens is 353 g/mol. The van der Waals surface area contributed by atoms with Crippen LogP contribution < -0.4 is 5.32 Å². The van der Waals surface area contributed by atoms with Crippen molar-refractivity contribution in [3.8, 4) is 0 Å². The summed E-state index contributed by atoms with van der Waals surface area (Å²) in [7, 11) is 1.54. The molecule has 0 heterocycles. The summed E-state index contributed by atoms with van der Waals surface area (Å²) in [4.78, 5) is 23.8. The summed E-state index contributed by atoms with van der Waals surface area (Å²) < 4.78 is 24.1. The number of hydrogen-bond acceptors (Lipinski definition) is 4. The zero-order valence-electron chi connectivity index (χ0n) is 15.5. The number of aromatic carboxylic acids is 1. The number of carbonyl (C=O) groups excluding carboxylic acids is 1. The number of amides is 1. The van der Waals surface area contributed by atoms with E-state index < -0.39 is 17.7 Å². The molecule has 0 radical (unpaired) electrons. The molecule has 0 atom stereocenters. The Hall–Kier alpha value is -2.77. The van der Waals surface area contributed by atoms with E-state index in [1.165, 1.54) is 31.4 Å². The molecule has 0 saturated carbocycles. The lowest BCUT2D eigenvalue weighted by molar-refractivity contribution is 0.0604. The highest BCUT2D eigenvalue weighted by Gasteiger charge is 2.15. The summed E-state index contributed by atoms with van der Waals surface area (Å²) in [6, 6.07) is 7.10. The maximum absolute atomic E-state index is 13.9. The van der Waals surface area contributed by atoms with Crippen molar-refractivity contribution < 1.29 is 28.6 Å². The number of carboxylic acids is 1. The van der Waals surface area contributed by atoms with Gasteiger partial charge in [-0.25, -0.2) is 9.18 Å². The van der Waals surface area contributed by atoms with Crippen LogP contribution in [-0.2, 0) is 16.1 Å². The summed E-state index contributed by atoms with van der Waals surface area (Å²) >= 11 is 0. The van der Waals surface area contributed by atoms with Crippen LogP contribution >= 0.6 is 0 Å². The first-order valence-electron chi connectivity index (χ1n) is 8.34. The molecule has 2 rings (SSSR count). The molecule has 0 bridgehead atoms. The Kier molecular flexibility index (Phi) is 7.04. The van der Waals surface area contributed by atoms with Crippen molar-refractivity contribution in [3.05, 3.63) is 64.0 Å². The van der Waals surface area contributed by atoms with E-state index in [2.05, 4.69) is 5.32 Å². The fourth-order valence-electron chi connectivity index (χ4n) is 2.56. The minimum Gasteiger partial charge on any atom is -0.478 e. The van der Waals surface area contributed by atoms with Gasteiger partial charge >= 0.3 is 5.97 Å². The molecule has 144 valence electrons. The smallest absolute Gasteiger partial charge is 0.336 e. The topological polar surface area (TPSA) is 84.9 Å². The highest BCUT2D eigenvalue weighted by Crippen LogP contribution is 2.22. The molecule has 0 aliphatic rings. The van der Waals surface area contributed by atoms with Gasteiger partial charge in [0.1, 0.15) is 5.82 Å². The summed E-state index contributed by atoms with van der Waals surface area (Å²) in [5.41, 5.74) is 2.35. The molecule has 0 aromatic heterocycles. The van der Waals surface area contributed by atoms with E-state index in [0.29, 0.717) is 24.5 Å². The van der Waals surface area contributed by atoms with E-state index >= 15 is 0 Å². The fraction of sp³-hybridized carbons (Fsp3) is 0.300. The van der Waals surface area contributed by atoms with Crippen LogP contribution in [-0.4, -0.2) is 37.3 Å². The lowest BCUT2D eigenvalue weighted by Gasteiger charge is -2.12. The van der Waals surface area contributed by atoms with Crippen molar-refractivity contribution in [2.75, 3.05) is 25.6 Å². The molecule has 0 spiro atoms. The number of rotatable bonds is 8. The van der Waals surface area contributed by atoms with Gasteiger partial charge in [-0.15, -0.1) is 0 Å². The van der Waals surface area contributed by atoms with Crippen molar-refractivity contribution in [1.29, 1.82) is 0 Å². The lowest BCUT2D eigenvalue weighted by atomic mass is 10.0. The highest BCUT2D eigenvalue weighted by atomic mass is 19.1. The molecule has 2 aromatic rings. The summed E-state index contributed by atoms with van der Waals surface area (Å²) in [6.45, 7) is 4.18. The van der Waals surface area contributed by atoms with Gasteiger partial charge in [-0.1, -0.05) is 6.07 Å². The van der Waals surface area contributed by atoms with Gasteiger partial charge < -0.3 is 19.9 Å². The number of ether oxygens (including phenoxy) is 2. The fourth-order valence-corrected chi connectivity index (χ4v) is 2.56. The zero-order chi connectivity index (χ0) is 20.0. The molecule has 7 heteroatoms. The van der Waals surface area contributed by atoms with Gasteiger partial charge in [0, 0.05) is 23.9 Å². The van der Waals surface area contributed by atoms with Crippen molar-refractivity contribution in [3.63, 3.8) is 0 Å². The lowest BCUT2D eigenvalue weighted by Crippen LogP contribution is -2.15. The Labute approximate surface area is 156 Å². The number of halogens is 1. The first-order chi connectivity index (χ1) is 12.8. The average Bonchev–Trinajstić information content (AvgIpc) is 2.62. The minimum absolute atomic E-state index is 0.0169. The Morgan fingerprint density at radius 2 is 1.85 bits per heavy atom. The predicted molar refractivity (Wildman–Crippen MR) is 98.8 cm³/mol. The van der Waals surface area contributed by atoms with Gasteiger partial charge in [0.25, 0.3) is 5.91 Å². The van der Waals surface area contributed by atoms with Crippen molar-refractivity contribution >= 4 is 17.6 Å². The maximum Gasteiger partial charge on any atom is 0.336 e. The normalized spacial score (nSPS) is 10.7. The standard InChI is InChI=1S/C20H22FNO5/c1-12-8-13(2)18(10-16(12)20(24)25)22-19(23)14-4-5-17(21)15(9-14)11-27-7-6-26-3/h4-5,8-10H,6-7,11H2,1-3H3,(H,22,23)(H,24,25). The van der Waals surface area contributed by atoms with Crippen LogP contribution in [0.1, 0.15) is 37.4 Å². The number of nitrogens with one attached hydrogen (secondary N) is 1. The number of benzene rings is 2. The van der Waals surface area contributed by atoms with Crippen LogP contribution in [0.2, 0.25) is 0 Å². The van der Waals surface area contributed by atoms with Crippen LogP contribution in [0.15, 0.2) is 30.3 Å². The molecule has 27 heavy (non-hydrogen) atoms. The average molecular weight is 375 g/mol. The zero-order valence-corrected chi connectivity index (χ0v) is 15.5. The molecular formula is C20H22FNO5. The molecule has 2 N–H and O–H groups in total. The molecule has 0 aliphatic carbocycles. The number of methoxy groups -OCH3 is 1. The van der Waals surface area contributed by atoms with Crippen LogP contribution in [0.4, 0.5) is 10.1 Å². The quantitative estimate of drug-likeness (QED) is 0.689. The second-order valence-corrected chi connectivity index (χ2v) is 6.09. The van der Waals surface area contributed by atoms with Crippen molar-refractivity contribution in [2.24, 2.45) is 0 Å². The number of anilines is 1. The second kappa shape index (κ2) is 9.25. The van der Waals surface area contributed by atoms with Gasteiger partial charge in [-0.3, -0.25) is 4.79 Å². The van der Waals surface area contributed by atoms with Crippen LogP contribution in [0.25, 0.3) is 0 Å². The third-order valence-electron chi connectivity index (χ3n) is 4.05. The third kappa shape index (κ3) is 5.35. The molecule has 0 aliphatic heterocycles. The van der Waals surface area contributed by atoms with Crippen LogP contribution in [0.5, 0.6) is 0 Å². The maximum atomic E-state index is 13.9. The highest BCUT2D eigenvalue weighted by molar-refractivity contribution is 6.05. The van der Waals surface area contributed by atoms with E-state index in [9.17, 15) is 19.1 Å². The van der Waals surface area contributed by atoms with E-state index in [4.69, 9.17) is 9.47 Å². The first kappa shape index (κ1) is 20.5. The predicted octanol–water partition coefficient (Wildman–Crippen LogP) is 3.56. The molecule has 1 amide bonds. The molecule has 2 aromatic carbocycles. The van der Waals surface area contributed by atoms with E-state index in [1.54, 1.807) is 19.9 Å². The van der Waals surface area contributed by atoms with E-state index in [0.717, 1.165) is 5.56 Å². The SMILES string of the molecule is COCCOCc1cc(C(=O)Nc2cc(C(=O)O)c(C)cc2C)ccc1F. The summed E-state index contributed by atoms with van der Waals surface area (Å²) in [6.07, 6.45) is 0. The van der Waals surface area contributed by atoms with Gasteiger partial charge in [0.2, 0.25) is 0 Å². The summed E-state index contributed by atoms with van der Waals surface area (Å²) in [5.74, 6) is -2.00. The van der Waals surface area contributed by atoms with Crippen LogP contribution in [0.3, 0.4) is 0 Å². The Morgan fingerprint density at radius 1 is 1.11 bits per heavy atom. The molecule has 0 fully saturated rings. The molecule has 0 saturated heterocycles. The molecule has 0 unspecified atom stereocenters. The number of carboxylic acid groups (broad SMARTS) is 1. The van der Waals surface area contributed by atoms with Gasteiger partial charge in [0.05, 0.1) is 25.4 Å². The largest absolute Gasteiger partial charge is 0.478 e. The van der Waals surface area contributed by atoms with Crippen LogP contribution in [0, 0.1) is 19.7 Å². The van der Waals surface area contributed by atoms with Gasteiger partial charge in [-0.05, 0) is 49.2 Å². The number of aryl methyl sites for hydroxylation is 2. The summed E-state index contributed by atoms with van der Waals surface area (Å²) in [5, 5.41) is 11.9. The second-order valence-electron chi connectivity index (χ2n) is 6.09.